The Morgan fingerprint density at radius 1 is 1.08 bits per heavy atom. The average Bonchev–Trinajstić information content (AvgIpc) is 2.89. The van der Waals surface area contributed by atoms with Gasteiger partial charge in [-0.3, -0.25) is 19.3 Å². The van der Waals surface area contributed by atoms with Crippen LogP contribution in [0.25, 0.3) is 6.08 Å². The summed E-state index contributed by atoms with van der Waals surface area (Å²) in [5.74, 6) is -0.585. The van der Waals surface area contributed by atoms with Crippen LogP contribution in [0.4, 0.5) is 10.5 Å². The van der Waals surface area contributed by atoms with E-state index in [1.807, 2.05) is 61.5 Å². The number of carbonyl (C=O) groups excluding carboxylic acids is 3. The second-order valence-corrected chi connectivity index (χ2v) is 6.85. The molecule has 0 spiro atoms. The number of hydrogen-bond donors (Lipinski definition) is 1. The number of aryl methyl sites for hydroxylation is 1. The van der Waals surface area contributed by atoms with Gasteiger partial charge in [0.2, 0.25) is 5.91 Å². The van der Waals surface area contributed by atoms with Crippen LogP contribution in [0.2, 0.25) is 0 Å². The summed E-state index contributed by atoms with van der Waals surface area (Å²) in [6.07, 6.45) is 1.75. The molecule has 1 saturated heterocycles. The lowest BCUT2D eigenvalue weighted by molar-refractivity contribution is -0.123. The number of carbonyl (C=O) groups is 3. The predicted molar refractivity (Wildman–Crippen MR) is 104 cm³/mol. The molecule has 2 aromatic rings. The number of nitrogens with zero attached hydrogens (tertiary/aromatic N) is 1. The van der Waals surface area contributed by atoms with Crippen molar-refractivity contribution in [2.75, 3.05) is 11.9 Å². The highest BCUT2D eigenvalue weighted by molar-refractivity contribution is 8.18. The highest BCUT2D eigenvalue weighted by Crippen LogP contribution is 2.32. The van der Waals surface area contributed by atoms with Crippen LogP contribution in [0.3, 0.4) is 0 Å². The maximum Gasteiger partial charge on any atom is 0.293 e. The number of para-hydroxylation sites is 1. The van der Waals surface area contributed by atoms with E-state index in [2.05, 4.69) is 5.32 Å². The fraction of sp³-hybridized carbons (Fsp3) is 0.150. The third-order valence-electron chi connectivity index (χ3n) is 3.95. The molecule has 0 atom stereocenters. The Balaban J connectivity index is 1.61. The number of amides is 3. The SMILES string of the molecule is Cc1ccccc1NC(=O)CCN1C(=O)S/C(=C/c2ccccc2)C1=O. The van der Waals surface area contributed by atoms with E-state index >= 15 is 0 Å². The minimum absolute atomic E-state index is 0.0605. The van der Waals surface area contributed by atoms with Crippen LogP contribution in [-0.2, 0) is 9.59 Å². The van der Waals surface area contributed by atoms with Crippen molar-refractivity contribution in [3.63, 3.8) is 0 Å². The second kappa shape index (κ2) is 8.01. The van der Waals surface area contributed by atoms with Gasteiger partial charge >= 0.3 is 0 Å². The largest absolute Gasteiger partial charge is 0.326 e. The first-order chi connectivity index (χ1) is 12.5. The normalized spacial score (nSPS) is 15.6. The molecule has 3 amide bonds. The van der Waals surface area contributed by atoms with Crippen LogP contribution < -0.4 is 5.32 Å². The first-order valence-corrected chi connectivity index (χ1v) is 9.02. The maximum absolute atomic E-state index is 12.4. The molecule has 132 valence electrons. The van der Waals surface area contributed by atoms with E-state index in [-0.39, 0.29) is 30.0 Å². The van der Waals surface area contributed by atoms with Gasteiger partial charge in [-0.05, 0) is 42.0 Å². The first kappa shape index (κ1) is 17.9. The van der Waals surface area contributed by atoms with Crippen molar-refractivity contribution in [1.29, 1.82) is 0 Å². The summed E-state index contributed by atoms with van der Waals surface area (Å²) >= 11 is 0.902. The molecular formula is C20H18N2O3S. The summed E-state index contributed by atoms with van der Waals surface area (Å²) in [5.41, 5.74) is 2.55. The molecule has 0 aromatic heterocycles. The molecule has 1 N–H and O–H groups in total. The molecule has 1 aliphatic rings. The molecule has 1 fully saturated rings. The van der Waals surface area contributed by atoms with Gasteiger partial charge in [-0.1, -0.05) is 48.5 Å². The highest BCUT2D eigenvalue weighted by atomic mass is 32.2. The van der Waals surface area contributed by atoms with E-state index in [1.165, 1.54) is 0 Å². The number of nitrogens with one attached hydrogen (secondary N) is 1. The van der Waals surface area contributed by atoms with Crippen molar-refractivity contribution < 1.29 is 14.4 Å². The molecule has 3 rings (SSSR count). The van der Waals surface area contributed by atoms with Crippen LogP contribution in [0, 0.1) is 6.92 Å². The van der Waals surface area contributed by atoms with Gasteiger partial charge in [-0.2, -0.15) is 0 Å². The van der Waals surface area contributed by atoms with Crippen molar-refractivity contribution >= 4 is 40.6 Å². The molecule has 6 heteroatoms. The zero-order valence-electron chi connectivity index (χ0n) is 14.3. The lowest BCUT2D eigenvalue weighted by Crippen LogP contribution is -2.31. The predicted octanol–water partition coefficient (Wildman–Crippen LogP) is 4.06. The lowest BCUT2D eigenvalue weighted by Gasteiger charge is -2.13. The molecule has 0 bridgehead atoms. The van der Waals surface area contributed by atoms with E-state index in [1.54, 1.807) is 6.08 Å². The molecule has 0 unspecified atom stereocenters. The van der Waals surface area contributed by atoms with E-state index < -0.39 is 0 Å². The van der Waals surface area contributed by atoms with Crippen molar-refractivity contribution in [2.24, 2.45) is 0 Å². The smallest absolute Gasteiger partial charge is 0.293 e. The fourth-order valence-corrected chi connectivity index (χ4v) is 3.40. The standard InChI is InChI=1S/C20H18N2O3S/c1-14-7-5-6-10-16(14)21-18(23)11-12-22-19(24)17(26-20(22)25)13-15-8-3-2-4-9-15/h2-10,13H,11-12H2,1H3,(H,21,23)/b17-13+. The summed E-state index contributed by atoms with van der Waals surface area (Å²) in [5, 5.41) is 2.46. The van der Waals surface area contributed by atoms with Crippen LogP contribution in [0.1, 0.15) is 17.5 Å². The van der Waals surface area contributed by atoms with Gasteiger partial charge in [-0.25, -0.2) is 0 Å². The molecular weight excluding hydrogens is 348 g/mol. The van der Waals surface area contributed by atoms with Crippen LogP contribution in [0.15, 0.2) is 59.5 Å². The molecule has 1 aliphatic heterocycles. The van der Waals surface area contributed by atoms with Crippen molar-refractivity contribution in [3.05, 3.63) is 70.6 Å². The Bertz CT molecular complexity index is 878. The van der Waals surface area contributed by atoms with Crippen molar-refractivity contribution in [2.45, 2.75) is 13.3 Å². The van der Waals surface area contributed by atoms with Crippen LogP contribution >= 0.6 is 11.8 Å². The van der Waals surface area contributed by atoms with E-state index in [0.717, 1.165) is 33.5 Å². The molecule has 2 aromatic carbocycles. The van der Waals surface area contributed by atoms with Gasteiger partial charge in [0.15, 0.2) is 0 Å². The molecule has 1 heterocycles. The van der Waals surface area contributed by atoms with Gasteiger partial charge in [0, 0.05) is 18.7 Å². The van der Waals surface area contributed by atoms with Crippen molar-refractivity contribution in [1.82, 2.24) is 4.90 Å². The lowest BCUT2D eigenvalue weighted by atomic mass is 10.2. The summed E-state index contributed by atoms with van der Waals surface area (Å²) in [6.45, 7) is 1.97. The van der Waals surface area contributed by atoms with Crippen molar-refractivity contribution in [3.8, 4) is 0 Å². The van der Waals surface area contributed by atoms with E-state index in [9.17, 15) is 14.4 Å². The zero-order valence-corrected chi connectivity index (χ0v) is 15.1. The first-order valence-electron chi connectivity index (χ1n) is 8.20. The number of hydrogen-bond acceptors (Lipinski definition) is 4. The summed E-state index contributed by atoms with van der Waals surface area (Å²) in [7, 11) is 0. The van der Waals surface area contributed by atoms with Gasteiger partial charge in [0.25, 0.3) is 11.1 Å². The third-order valence-corrected chi connectivity index (χ3v) is 4.86. The Hall–Kier alpha value is -2.86. The Morgan fingerprint density at radius 2 is 1.77 bits per heavy atom. The zero-order chi connectivity index (χ0) is 18.5. The number of thioether (sulfide) groups is 1. The van der Waals surface area contributed by atoms with Crippen LogP contribution in [-0.4, -0.2) is 28.5 Å². The minimum atomic E-state index is -0.354. The molecule has 0 aliphatic carbocycles. The second-order valence-electron chi connectivity index (χ2n) is 5.86. The van der Waals surface area contributed by atoms with Gasteiger partial charge in [0.05, 0.1) is 4.91 Å². The average molecular weight is 366 g/mol. The monoisotopic (exact) mass is 366 g/mol. The number of anilines is 1. The van der Waals surface area contributed by atoms with Gasteiger partial charge in [0.1, 0.15) is 0 Å². The van der Waals surface area contributed by atoms with Gasteiger partial charge < -0.3 is 5.32 Å². The summed E-state index contributed by atoms with van der Waals surface area (Å²) in [6, 6.07) is 16.8. The Labute approximate surface area is 156 Å². The highest BCUT2D eigenvalue weighted by Gasteiger charge is 2.34. The number of benzene rings is 2. The minimum Gasteiger partial charge on any atom is -0.326 e. The topological polar surface area (TPSA) is 66.5 Å². The quantitative estimate of drug-likeness (QED) is 0.811. The maximum atomic E-state index is 12.4. The molecule has 5 nitrogen and oxygen atoms in total. The molecule has 26 heavy (non-hydrogen) atoms. The van der Waals surface area contributed by atoms with Gasteiger partial charge in [-0.15, -0.1) is 0 Å². The Kier molecular flexibility index (Phi) is 5.53. The summed E-state index contributed by atoms with van der Waals surface area (Å²) < 4.78 is 0. The number of rotatable bonds is 5. The van der Waals surface area contributed by atoms with E-state index in [4.69, 9.17) is 0 Å². The van der Waals surface area contributed by atoms with Crippen LogP contribution in [0.5, 0.6) is 0 Å². The van der Waals surface area contributed by atoms with E-state index in [0.29, 0.717) is 4.91 Å². The third kappa shape index (κ3) is 4.21. The Morgan fingerprint density at radius 3 is 2.50 bits per heavy atom. The number of imide groups is 1. The summed E-state index contributed by atoms with van der Waals surface area (Å²) in [4.78, 5) is 38.2. The fourth-order valence-electron chi connectivity index (χ4n) is 2.53. The molecule has 0 radical (unpaired) electrons. The molecule has 0 saturated carbocycles.